The monoisotopic (exact) mass is 1120 g/mol. The van der Waals surface area contributed by atoms with E-state index in [0.29, 0.717) is 0 Å². The molecule has 3 aliphatic carbocycles. The number of thiophene rings is 3. The highest BCUT2D eigenvalue weighted by Gasteiger charge is 2.52. The van der Waals surface area contributed by atoms with Crippen molar-refractivity contribution in [1.29, 1.82) is 0 Å². The van der Waals surface area contributed by atoms with Crippen LogP contribution in [0.25, 0.3) is 150 Å². The Morgan fingerprint density at radius 2 is 0.583 bits per heavy atom. The fourth-order valence-electron chi connectivity index (χ4n) is 15.9. The summed E-state index contributed by atoms with van der Waals surface area (Å²) in [7, 11) is 0. The summed E-state index contributed by atoms with van der Waals surface area (Å²) in [5, 5.41) is 7.95. The second-order valence-electron chi connectivity index (χ2n) is 25.4. The van der Waals surface area contributed by atoms with Crippen LogP contribution in [0.2, 0.25) is 0 Å². The lowest BCUT2D eigenvalue weighted by atomic mass is 9.71. The van der Waals surface area contributed by atoms with E-state index in [9.17, 15) is 0 Å². The molecule has 0 spiro atoms. The summed E-state index contributed by atoms with van der Waals surface area (Å²) in [6, 6.07) is 88.2. The predicted octanol–water partition coefficient (Wildman–Crippen LogP) is 24.0. The summed E-state index contributed by atoms with van der Waals surface area (Å²) < 4.78 is 8.02. The molecule has 398 valence electrons. The van der Waals surface area contributed by atoms with Gasteiger partial charge in [0.15, 0.2) is 0 Å². The van der Waals surface area contributed by atoms with Gasteiger partial charge in [0.1, 0.15) is 0 Å². The van der Waals surface area contributed by atoms with Gasteiger partial charge in [-0.25, -0.2) is 0 Å². The SMILES string of the molecule is CC1(C)c2ccc(-c3cccc4c3sc3ccccc34)cc2-c2c1c1c(c3c2C(C)(C)c2ccc(-c4cc(-c5ccccc5)cc5c4sc4ccc(-c6ccccc6)cc45)cc2-3)C(C)(C)c2ccc(-c3cccc4c3sc3ccccc34)cc2-1. The second kappa shape index (κ2) is 17.2. The highest BCUT2D eigenvalue weighted by Crippen LogP contribution is 2.68. The molecular formula is C81H56S3. The number of rotatable bonds is 5. The first kappa shape index (κ1) is 48.8. The Morgan fingerprint density at radius 3 is 1.06 bits per heavy atom. The van der Waals surface area contributed by atoms with E-state index in [1.54, 1.807) is 0 Å². The van der Waals surface area contributed by atoms with Crippen LogP contribution in [0.15, 0.2) is 231 Å². The molecule has 3 heterocycles. The Kier molecular flexibility index (Phi) is 10.00. The fraction of sp³-hybridized carbons (Fsp3) is 0.111. The number of fused-ring (bicyclic) bond motifs is 21. The first-order valence-electron chi connectivity index (χ1n) is 29.5. The molecule has 15 aromatic rings. The van der Waals surface area contributed by atoms with Crippen molar-refractivity contribution in [1.82, 2.24) is 0 Å². The standard InChI is InChI=1S/C81H56S3/c1-79(2)64-35-31-48(52-25-17-27-56-54-23-13-15-29-67(54)82-76(52)56)40-61(64)71-73(79)70-62-41-49(53-26-18-28-57-55-24-14-16-30-68(55)83-77(53)57)32-36-65(62)80(3,4)74(70)72-63-42-50(33-37-66(63)81(5,6)75(71)72)58-43-51(46-21-11-8-12-22-46)44-60-59-39-47(45-19-9-7-10-20-45)34-38-69(59)84-78(58)60/h7-44H,1-6H3. The van der Waals surface area contributed by atoms with Gasteiger partial charge in [-0.05, 0) is 171 Å². The molecule has 3 aromatic heterocycles. The molecule has 0 aliphatic heterocycles. The molecule has 3 heteroatoms. The van der Waals surface area contributed by atoms with E-state index in [2.05, 4.69) is 272 Å². The lowest BCUT2D eigenvalue weighted by molar-refractivity contribution is 0.636. The zero-order valence-electron chi connectivity index (χ0n) is 47.7. The molecule has 0 radical (unpaired) electrons. The summed E-state index contributed by atoms with van der Waals surface area (Å²) in [4.78, 5) is 0. The highest BCUT2D eigenvalue weighted by atomic mass is 32.1. The van der Waals surface area contributed by atoms with Gasteiger partial charge < -0.3 is 0 Å². The van der Waals surface area contributed by atoms with Gasteiger partial charge in [0.05, 0.1) is 0 Å². The molecule has 0 nitrogen and oxygen atoms in total. The maximum atomic E-state index is 2.62. The third-order valence-corrected chi connectivity index (χ3v) is 23.4. The summed E-state index contributed by atoms with van der Waals surface area (Å²) in [5.41, 5.74) is 28.8. The van der Waals surface area contributed by atoms with Crippen molar-refractivity contribution in [3.05, 3.63) is 264 Å². The van der Waals surface area contributed by atoms with Crippen molar-refractivity contribution in [2.24, 2.45) is 0 Å². The average molecular weight is 1130 g/mol. The molecule has 0 N–H and O–H groups in total. The van der Waals surface area contributed by atoms with E-state index in [1.165, 1.54) is 183 Å². The van der Waals surface area contributed by atoms with Gasteiger partial charge in [0.2, 0.25) is 0 Å². The van der Waals surface area contributed by atoms with Gasteiger partial charge in [0.25, 0.3) is 0 Å². The first-order valence-corrected chi connectivity index (χ1v) is 32.0. The van der Waals surface area contributed by atoms with E-state index in [1.807, 2.05) is 34.0 Å². The Morgan fingerprint density at radius 1 is 0.226 bits per heavy atom. The maximum absolute atomic E-state index is 2.62. The highest BCUT2D eigenvalue weighted by molar-refractivity contribution is 7.27. The fourth-order valence-corrected chi connectivity index (χ4v) is 19.6. The Balaban J connectivity index is 0.918. The van der Waals surface area contributed by atoms with E-state index < -0.39 is 0 Å². The topological polar surface area (TPSA) is 0 Å². The molecule has 12 aromatic carbocycles. The van der Waals surface area contributed by atoms with Crippen molar-refractivity contribution in [2.75, 3.05) is 0 Å². The van der Waals surface area contributed by atoms with Crippen LogP contribution in [0.3, 0.4) is 0 Å². The van der Waals surface area contributed by atoms with Crippen LogP contribution < -0.4 is 0 Å². The van der Waals surface area contributed by atoms with Crippen LogP contribution in [0.4, 0.5) is 0 Å². The molecule has 3 aliphatic rings. The maximum Gasteiger partial charge on any atom is 0.0434 e. The Labute approximate surface area is 501 Å². The molecule has 18 rings (SSSR count). The third kappa shape index (κ3) is 6.58. The quantitative estimate of drug-likeness (QED) is 0.161. The smallest absolute Gasteiger partial charge is 0.0434 e. The minimum atomic E-state index is -0.318. The predicted molar refractivity (Wildman–Crippen MR) is 365 cm³/mol. The normalized spacial score (nSPS) is 14.8. The lowest BCUT2D eigenvalue weighted by Crippen LogP contribution is -2.22. The van der Waals surface area contributed by atoms with Gasteiger partial charge in [-0.3, -0.25) is 0 Å². The van der Waals surface area contributed by atoms with Crippen molar-refractivity contribution < 1.29 is 0 Å². The molecule has 0 bridgehead atoms. The van der Waals surface area contributed by atoms with E-state index >= 15 is 0 Å². The van der Waals surface area contributed by atoms with Crippen molar-refractivity contribution in [3.63, 3.8) is 0 Å². The Bertz CT molecular complexity index is 5240. The molecule has 0 atom stereocenters. The molecule has 0 fully saturated rings. The molecule has 0 unspecified atom stereocenters. The first-order chi connectivity index (χ1) is 40.9. The van der Waals surface area contributed by atoms with Crippen LogP contribution in [0, 0.1) is 0 Å². The van der Waals surface area contributed by atoms with E-state index in [0.717, 1.165) is 0 Å². The number of benzene rings is 12. The van der Waals surface area contributed by atoms with E-state index in [-0.39, 0.29) is 16.2 Å². The molecular weight excluding hydrogens is 1070 g/mol. The largest absolute Gasteiger partial charge is 0.135 e. The zero-order chi connectivity index (χ0) is 56.1. The van der Waals surface area contributed by atoms with Crippen molar-refractivity contribution in [2.45, 2.75) is 57.8 Å². The second-order valence-corrected chi connectivity index (χ2v) is 28.6. The minimum absolute atomic E-state index is 0.299. The summed E-state index contributed by atoms with van der Waals surface area (Å²) in [5.74, 6) is 0. The van der Waals surface area contributed by atoms with E-state index in [4.69, 9.17) is 0 Å². The van der Waals surface area contributed by atoms with Crippen LogP contribution in [0.1, 0.15) is 74.9 Å². The van der Waals surface area contributed by atoms with Gasteiger partial charge in [-0.2, -0.15) is 0 Å². The zero-order valence-corrected chi connectivity index (χ0v) is 50.1. The van der Waals surface area contributed by atoms with Crippen LogP contribution >= 0.6 is 34.0 Å². The lowest BCUT2D eigenvalue weighted by Gasteiger charge is -2.31. The number of hydrogen-bond acceptors (Lipinski definition) is 3. The Hall–Kier alpha value is -8.70. The van der Waals surface area contributed by atoms with Gasteiger partial charge in [-0.15, -0.1) is 34.0 Å². The molecule has 0 saturated carbocycles. The third-order valence-electron chi connectivity index (χ3n) is 19.8. The summed E-state index contributed by atoms with van der Waals surface area (Å²) >= 11 is 5.78. The van der Waals surface area contributed by atoms with Crippen molar-refractivity contribution >= 4 is 94.5 Å². The van der Waals surface area contributed by atoms with Crippen LogP contribution in [-0.2, 0) is 16.2 Å². The van der Waals surface area contributed by atoms with Crippen LogP contribution in [0.5, 0.6) is 0 Å². The van der Waals surface area contributed by atoms with Gasteiger partial charge in [0, 0.05) is 82.3 Å². The van der Waals surface area contributed by atoms with Crippen molar-refractivity contribution in [3.8, 4) is 89.0 Å². The summed E-state index contributed by atoms with van der Waals surface area (Å²) in [6.07, 6.45) is 0. The van der Waals surface area contributed by atoms with Crippen LogP contribution in [-0.4, -0.2) is 0 Å². The molecule has 84 heavy (non-hydrogen) atoms. The summed E-state index contributed by atoms with van der Waals surface area (Å²) in [6.45, 7) is 15.2. The minimum Gasteiger partial charge on any atom is -0.135 e. The molecule has 0 amide bonds. The molecule has 0 saturated heterocycles. The van der Waals surface area contributed by atoms with Gasteiger partial charge in [-0.1, -0.05) is 217 Å². The number of hydrogen-bond donors (Lipinski definition) is 0. The average Bonchev–Trinajstić information content (AvgIpc) is 1.52. The van der Waals surface area contributed by atoms with Gasteiger partial charge >= 0.3 is 0 Å².